The number of aliphatic imine (C=N–C) groups is 1. The summed E-state index contributed by atoms with van der Waals surface area (Å²) in [7, 11) is 0. The van der Waals surface area contributed by atoms with Crippen molar-refractivity contribution in [2.45, 2.75) is 6.92 Å². The number of thioether (sulfide) groups is 1. The fourth-order valence-electron chi connectivity index (χ4n) is 1.96. The second-order valence-electron chi connectivity index (χ2n) is 4.73. The number of nitrogens with one attached hydrogen (secondary N) is 1. The summed E-state index contributed by atoms with van der Waals surface area (Å²) in [5.74, 6) is 0.609. The lowest BCUT2D eigenvalue weighted by atomic mass is 10.2. The Balaban J connectivity index is 1.94. The van der Waals surface area contributed by atoms with Crippen LogP contribution in [-0.2, 0) is 0 Å². The van der Waals surface area contributed by atoms with Crippen molar-refractivity contribution < 1.29 is 4.79 Å². The van der Waals surface area contributed by atoms with Crippen LogP contribution in [0.15, 0.2) is 64.5 Å². The van der Waals surface area contributed by atoms with Crippen LogP contribution in [0.5, 0.6) is 0 Å². The lowest BCUT2D eigenvalue weighted by molar-refractivity contribution is 0.265. The van der Waals surface area contributed by atoms with Crippen LogP contribution in [0.3, 0.4) is 0 Å². The minimum absolute atomic E-state index is 0.0944. The standard InChI is InChI=1S/C17H14N2OS/c1-12-7-9-14(10-8-12)18-16-15(21-17(20)19-16)11-13-5-3-2-4-6-13/h2-11H,1H3,(H,18,19,20)/b15-11-. The van der Waals surface area contributed by atoms with Crippen LogP contribution in [0, 0.1) is 6.92 Å². The summed E-state index contributed by atoms with van der Waals surface area (Å²) in [6, 6.07) is 17.8. The maximum absolute atomic E-state index is 11.6. The number of benzene rings is 2. The average Bonchev–Trinajstić information content (AvgIpc) is 2.82. The van der Waals surface area contributed by atoms with Crippen molar-refractivity contribution in [1.29, 1.82) is 0 Å². The van der Waals surface area contributed by atoms with Crippen LogP contribution in [-0.4, -0.2) is 11.1 Å². The molecule has 1 amide bonds. The van der Waals surface area contributed by atoms with E-state index in [0.717, 1.165) is 16.2 Å². The third kappa shape index (κ3) is 3.41. The molecular weight excluding hydrogens is 280 g/mol. The van der Waals surface area contributed by atoms with Gasteiger partial charge in [0.25, 0.3) is 5.24 Å². The van der Waals surface area contributed by atoms with Crippen molar-refractivity contribution in [3.63, 3.8) is 0 Å². The highest BCUT2D eigenvalue weighted by atomic mass is 32.2. The van der Waals surface area contributed by atoms with E-state index in [-0.39, 0.29) is 5.24 Å². The monoisotopic (exact) mass is 294 g/mol. The molecule has 0 bridgehead atoms. The van der Waals surface area contributed by atoms with Crippen molar-refractivity contribution in [1.82, 2.24) is 5.32 Å². The Labute approximate surface area is 127 Å². The van der Waals surface area contributed by atoms with Gasteiger partial charge in [-0.05, 0) is 42.5 Å². The molecule has 21 heavy (non-hydrogen) atoms. The molecular formula is C17H14N2OS. The first-order valence-electron chi connectivity index (χ1n) is 6.62. The summed E-state index contributed by atoms with van der Waals surface area (Å²) in [5.41, 5.74) is 3.06. The maximum atomic E-state index is 11.6. The molecule has 104 valence electrons. The van der Waals surface area contributed by atoms with Gasteiger partial charge < -0.3 is 5.32 Å². The van der Waals surface area contributed by atoms with Crippen molar-refractivity contribution in [2.24, 2.45) is 4.99 Å². The Morgan fingerprint density at radius 1 is 1.05 bits per heavy atom. The Kier molecular flexibility index (Phi) is 3.88. The Bertz CT molecular complexity index is 718. The van der Waals surface area contributed by atoms with Gasteiger partial charge in [0.2, 0.25) is 0 Å². The number of aryl methyl sites for hydroxylation is 1. The minimum atomic E-state index is -0.0944. The molecule has 0 radical (unpaired) electrons. The molecule has 0 aliphatic carbocycles. The lowest BCUT2D eigenvalue weighted by Crippen LogP contribution is -2.18. The lowest BCUT2D eigenvalue weighted by Gasteiger charge is -2.00. The average molecular weight is 294 g/mol. The number of hydrogen-bond donors (Lipinski definition) is 1. The molecule has 2 aromatic rings. The van der Waals surface area contributed by atoms with Crippen LogP contribution in [0.25, 0.3) is 6.08 Å². The molecule has 1 aliphatic rings. The summed E-state index contributed by atoms with van der Waals surface area (Å²) in [6.07, 6.45) is 1.97. The summed E-state index contributed by atoms with van der Waals surface area (Å²) < 4.78 is 0. The third-order valence-electron chi connectivity index (χ3n) is 3.03. The van der Waals surface area contributed by atoms with E-state index in [0.29, 0.717) is 5.84 Å². The zero-order valence-electron chi connectivity index (χ0n) is 11.5. The number of rotatable bonds is 2. The predicted octanol–water partition coefficient (Wildman–Crippen LogP) is 4.52. The van der Waals surface area contributed by atoms with Gasteiger partial charge in [-0.3, -0.25) is 4.79 Å². The molecule has 0 spiro atoms. The minimum Gasteiger partial charge on any atom is -0.300 e. The molecule has 1 aliphatic heterocycles. The van der Waals surface area contributed by atoms with Crippen molar-refractivity contribution in [2.75, 3.05) is 0 Å². The Hall–Kier alpha value is -2.33. The molecule has 3 nitrogen and oxygen atoms in total. The van der Waals surface area contributed by atoms with Crippen LogP contribution in [0.1, 0.15) is 11.1 Å². The molecule has 1 fully saturated rings. The predicted molar refractivity (Wildman–Crippen MR) is 88.8 cm³/mol. The van der Waals surface area contributed by atoms with Crippen LogP contribution < -0.4 is 5.32 Å². The van der Waals surface area contributed by atoms with Gasteiger partial charge in [-0.25, -0.2) is 4.99 Å². The van der Waals surface area contributed by atoms with Gasteiger partial charge in [0.1, 0.15) is 5.84 Å². The highest BCUT2D eigenvalue weighted by Gasteiger charge is 2.23. The van der Waals surface area contributed by atoms with Gasteiger partial charge in [0.05, 0.1) is 10.6 Å². The smallest absolute Gasteiger partial charge is 0.289 e. The second kappa shape index (κ2) is 5.97. The maximum Gasteiger partial charge on any atom is 0.289 e. The SMILES string of the molecule is Cc1ccc(N=C2NC(=O)S/C2=C\c2ccccc2)cc1. The largest absolute Gasteiger partial charge is 0.300 e. The number of carbonyl (C=O) groups excluding carboxylic acids is 1. The fraction of sp³-hybridized carbons (Fsp3) is 0.0588. The van der Waals surface area contributed by atoms with E-state index >= 15 is 0 Å². The fourth-order valence-corrected chi connectivity index (χ4v) is 2.70. The highest BCUT2D eigenvalue weighted by Crippen LogP contribution is 2.28. The molecule has 1 heterocycles. The first-order chi connectivity index (χ1) is 10.2. The number of amidine groups is 1. The number of hydrogen-bond acceptors (Lipinski definition) is 3. The van der Waals surface area contributed by atoms with Gasteiger partial charge in [0.15, 0.2) is 0 Å². The Morgan fingerprint density at radius 2 is 1.76 bits per heavy atom. The quantitative estimate of drug-likeness (QED) is 0.884. The summed E-state index contributed by atoms with van der Waals surface area (Å²) in [4.78, 5) is 17.0. The molecule has 2 aromatic carbocycles. The molecule has 0 unspecified atom stereocenters. The van der Waals surface area contributed by atoms with Crippen LogP contribution >= 0.6 is 11.8 Å². The highest BCUT2D eigenvalue weighted by molar-refractivity contribution is 8.18. The normalized spacial score (nSPS) is 18.2. The van der Waals surface area contributed by atoms with E-state index in [2.05, 4.69) is 10.3 Å². The van der Waals surface area contributed by atoms with Gasteiger partial charge >= 0.3 is 0 Å². The molecule has 1 saturated heterocycles. The topological polar surface area (TPSA) is 41.5 Å². The van der Waals surface area contributed by atoms with E-state index in [4.69, 9.17) is 0 Å². The van der Waals surface area contributed by atoms with Crippen LogP contribution in [0.4, 0.5) is 10.5 Å². The van der Waals surface area contributed by atoms with Crippen molar-refractivity contribution in [3.8, 4) is 0 Å². The van der Waals surface area contributed by atoms with Crippen molar-refractivity contribution in [3.05, 3.63) is 70.6 Å². The molecule has 0 atom stereocenters. The zero-order chi connectivity index (χ0) is 14.7. The number of nitrogens with zero attached hydrogens (tertiary/aromatic N) is 1. The number of carbonyl (C=O) groups is 1. The van der Waals surface area contributed by atoms with Gasteiger partial charge in [0, 0.05) is 0 Å². The van der Waals surface area contributed by atoms with Gasteiger partial charge in [-0.15, -0.1) is 0 Å². The molecule has 1 N–H and O–H groups in total. The van der Waals surface area contributed by atoms with E-state index in [1.807, 2.05) is 67.6 Å². The zero-order valence-corrected chi connectivity index (χ0v) is 12.4. The van der Waals surface area contributed by atoms with Crippen molar-refractivity contribution >= 4 is 34.6 Å². The molecule has 0 aromatic heterocycles. The Morgan fingerprint density at radius 3 is 2.48 bits per heavy atom. The number of amides is 1. The van der Waals surface area contributed by atoms with E-state index < -0.39 is 0 Å². The molecule has 3 rings (SSSR count). The van der Waals surface area contributed by atoms with E-state index in [1.165, 1.54) is 17.3 Å². The third-order valence-corrected chi connectivity index (χ3v) is 3.85. The first-order valence-corrected chi connectivity index (χ1v) is 7.44. The van der Waals surface area contributed by atoms with Gasteiger partial charge in [-0.2, -0.15) is 0 Å². The van der Waals surface area contributed by atoms with E-state index in [9.17, 15) is 4.79 Å². The molecule has 0 saturated carbocycles. The first kappa shape index (κ1) is 13.6. The van der Waals surface area contributed by atoms with Crippen LogP contribution in [0.2, 0.25) is 0 Å². The summed E-state index contributed by atoms with van der Waals surface area (Å²) >= 11 is 1.17. The summed E-state index contributed by atoms with van der Waals surface area (Å²) in [6.45, 7) is 2.03. The molecule has 4 heteroatoms. The van der Waals surface area contributed by atoms with Gasteiger partial charge in [-0.1, -0.05) is 48.0 Å². The second-order valence-corrected chi connectivity index (χ2v) is 5.74. The summed E-state index contributed by atoms with van der Waals surface area (Å²) in [5, 5.41) is 2.70. The van der Waals surface area contributed by atoms with E-state index in [1.54, 1.807) is 0 Å².